The van der Waals surface area contributed by atoms with Gasteiger partial charge >= 0.3 is 0 Å². The van der Waals surface area contributed by atoms with Crippen LogP contribution in [0.2, 0.25) is 0 Å². The van der Waals surface area contributed by atoms with Gasteiger partial charge in [0, 0.05) is 71.3 Å². The predicted molar refractivity (Wildman–Crippen MR) is 119 cm³/mol. The smallest absolute Gasteiger partial charge is 0.191 e. The zero-order valence-corrected chi connectivity index (χ0v) is 18.2. The molecule has 0 saturated carbocycles. The molecule has 0 atom stereocenters. The van der Waals surface area contributed by atoms with Crippen LogP contribution in [0.15, 0.2) is 29.5 Å². The van der Waals surface area contributed by atoms with Crippen molar-refractivity contribution in [3.8, 4) is 0 Å². The molecule has 7 nitrogen and oxygen atoms in total. The lowest BCUT2D eigenvalue weighted by molar-refractivity contribution is 0.155. The third-order valence-corrected chi connectivity index (χ3v) is 5.46. The number of aromatic nitrogens is 2. The maximum Gasteiger partial charge on any atom is 0.191 e. The van der Waals surface area contributed by atoms with Crippen molar-refractivity contribution in [3.05, 3.63) is 35.8 Å². The van der Waals surface area contributed by atoms with Gasteiger partial charge in [-0.1, -0.05) is 6.07 Å². The van der Waals surface area contributed by atoms with Crippen LogP contribution in [0.3, 0.4) is 0 Å². The Bertz CT molecular complexity index is 779. The summed E-state index contributed by atoms with van der Waals surface area (Å²) in [5.74, 6) is 0.922. The average Bonchev–Trinajstić information content (AvgIpc) is 3.14. The fourth-order valence-electron chi connectivity index (χ4n) is 3.85. The molecule has 2 N–H and O–H groups in total. The lowest BCUT2D eigenvalue weighted by Crippen LogP contribution is -2.49. The highest BCUT2D eigenvalue weighted by Crippen LogP contribution is 2.12. The van der Waals surface area contributed by atoms with Crippen molar-refractivity contribution in [2.24, 2.45) is 4.99 Å². The molecule has 1 fully saturated rings. The molecule has 0 radical (unpaired) electrons. The van der Waals surface area contributed by atoms with E-state index in [-0.39, 0.29) is 0 Å². The van der Waals surface area contributed by atoms with Crippen molar-refractivity contribution >= 4 is 11.6 Å². The van der Waals surface area contributed by atoms with E-state index < -0.39 is 0 Å². The van der Waals surface area contributed by atoms with Gasteiger partial charge in [0.15, 0.2) is 5.96 Å². The van der Waals surface area contributed by atoms with Crippen LogP contribution in [0.5, 0.6) is 0 Å². The zero-order chi connectivity index (χ0) is 20.5. The van der Waals surface area contributed by atoms with E-state index >= 15 is 0 Å². The predicted octanol–water partition coefficient (Wildman–Crippen LogP) is 2.24. The normalized spacial score (nSPS) is 16.4. The molecule has 29 heavy (non-hydrogen) atoms. The van der Waals surface area contributed by atoms with E-state index in [1.807, 2.05) is 0 Å². The molecule has 1 aliphatic rings. The van der Waals surface area contributed by atoms with E-state index in [0.29, 0.717) is 6.04 Å². The van der Waals surface area contributed by atoms with Crippen LogP contribution >= 0.6 is 0 Å². The molecule has 0 aromatic carbocycles. The molecule has 0 unspecified atom stereocenters. The van der Waals surface area contributed by atoms with E-state index in [0.717, 1.165) is 82.3 Å². The largest absolute Gasteiger partial charge is 0.385 e. The lowest BCUT2D eigenvalue weighted by Gasteiger charge is -2.33. The second kappa shape index (κ2) is 11.2. The molecule has 7 heteroatoms. The Balaban J connectivity index is 1.47. The fraction of sp³-hybridized carbons (Fsp3) is 0.636. The number of likely N-dealkylation sites (tertiary alicyclic amines) is 1. The molecular formula is C22H36N6O. The van der Waals surface area contributed by atoms with Gasteiger partial charge in [-0.25, -0.2) is 4.98 Å². The molecule has 0 bridgehead atoms. The summed E-state index contributed by atoms with van der Waals surface area (Å²) in [6.07, 6.45) is 8.43. The highest BCUT2D eigenvalue weighted by Gasteiger charge is 2.19. The van der Waals surface area contributed by atoms with E-state index in [9.17, 15) is 0 Å². The summed E-state index contributed by atoms with van der Waals surface area (Å²) >= 11 is 0. The van der Waals surface area contributed by atoms with Gasteiger partial charge in [0.2, 0.25) is 0 Å². The third kappa shape index (κ3) is 6.44. The van der Waals surface area contributed by atoms with Gasteiger partial charge in [-0.15, -0.1) is 0 Å². The third-order valence-electron chi connectivity index (χ3n) is 5.46. The number of pyridine rings is 1. The number of fused-ring (bicyclic) bond motifs is 1. The first kappa shape index (κ1) is 21.6. The molecule has 0 amide bonds. The first-order chi connectivity index (χ1) is 14.2. The highest BCUT2D eigenvalue weighted by atomic mass is 16.5. The average molecular weight is 401 g/mol. The van der Waals surface area contributed by atoms with Crippen molar-refractivity contribution in [1.29, 1.82) is 0 Å². The van der Waals surface area contributed by atoms with Gasteiger partial charge in [0.05, 0.1) is 5.69 Å². The van der Waals surface area contributed by atoms with Crippen LogP contribution in [0.25, 0.3) is 5.65 Å². The molecule has 3 rings (SSSR count). The SMILES string of the molecule is CCNC(=NCCc1cn2cccc(C)c2n1)NC1CCN(CCCOC)CC1. The van der Waals surface area contributed by atoms with E-state index in [1.165, 1.54) is 5.56 Å². The van der Waals surface area contributed by atoms with E-state index in [4.69, 9.17) is 14.7 Å². The van der Waals surface area contributed by atoms with E-state index in [1.54, 1.807) is 7.11 Å². The summed E-state index contributed by atoms with van der Waals surface area (Å²) in [4.78, 5) is 12.1. The Morgan fingerprint density at radius 2 is 2.17 bits per heavy atom. The number of guanidine groups is 1. The van der Waals surface area contributed by atoms with Crippen LogP contribution in [0.1, 0.15) is 37.4 Å². The summed E-state index contributed by atoms with van der Waals surface area (Å²) in [5, 5.41) is 7.02. The van der Waals surface area contributed by atoms with Crippen molar-refractivity contribution in [3.63, 3.8) is 0 Å². The quantitative estimate of drug-likeness (QED) is 0.384. The monoisotopic (exact) mass is 400 g/mol. The number of piperidine rings is 1. The first-order valence-corrected chi connectivity index (χ1v) is 10.9. The Morgan fingerprint density at radius 3 is 2.90 bits per heavy atom. The maximum absolute atomic E-state index is 5.16. The van der Waals surface area contributed by atoms with Crippen molar-refractivity contribution in [1.82, 2.24) is 24.9 Å². The molecule has 2 aromatic heterocycles. The molecule has 0 aliphatic carbocycles. The standard InChI is InChI=1S/C22H36N6O/c1-4-23-22(26-19-9-14-27(15-10-19)12-6-16-29-3)24-11-8-20-17-28-13-5-7-18(2)21(28)25-20/h5,7,13,17,19H,4,6,8-12,14-16H2,1-3H3,(H2,23,24,26). The molecular weight excluding hydrogens is 364 g/mol. The van der Waals surface area contributed by atoms with Gasteiger partial charge in [0.25, 0.3) is 0 Å². The number of hydrogen-bond donors (Lipinski definition) is 2. The van der Waals surface area contributed by atoms with Gasteiger partial charge in [-0.05, 0) is 44.7 Å². The number of ether oxygens (including phenoxy) is 1. The minimum absolute atomic E-state index is 0.490. The first-order valence-electron chi connectivity index (χ1n) is 10.9. The van der Waals surface area contributed by atoms with Crippen LogP contribution in [-0.4, -0.2) is 72.7 Å². The lowest BCUT2D eigenvalue weighted by atomic mass is 10.1. The summed E-state index contributed by atoms with van der Waals surface area (Å²) in [7, 11) is 1.77. The van der Waals surface area contributed by atoms with Crippen LogP contribution in [0, 0.1) is 6.92 Å². The number of nitrogens with one attached hydrogen (secondary N) is 2. The molecule has 2 aromatic rings. The molecule has 0 spiro atoms. The molecule has 160 valence electrons. The topological polar surface area (TPSA) is 66.2 Å². The zero-order valence-electron chi connectivity index (χ0n) is 18.2. The highest BCUT2D eigenvalue weighted by molar-refractivity contribution is 5.80. The fourth-order valence-corrected chi connectivity index (χ4v) is 3.85. The van der Waals surface area contributed by atoms with Crippen LogP contribution in [-0.2, 0) is 11.2 Å². The van der Waals surface area contributed by atoms with Crippen molar-refractivity contribution in [2.75, 3.05) is 46.4 Å². The number of nitrogens with zero attached hydrogens (tertiary/aromatic N) is 4. The Labute approximate surface area is 174 Å². The minimum Gasteiger partial charge on any atom is -0.385 e. The number of rotatable bonds is 9. The van der Waals surface area contributed by atoms with Gasteiger partial charge < -0.3 is 24.7 Å². The van der Waals surface area contributed by atoms with Crippen molar-refractivity contribution in [2.45, 2.75) is 45.6 Å². The minimum atomic E-state index is 0.490. The maximum atomic E-state index is 5.16. The van der Waals surface area contributed by atoms with Gasteiger partial charge in [0.1, 0.15) is 5.65 Å². The van der Waals surface area contributed by atoms with Crippen molar-refractivity contribution < 1.29 is 4.74 Å². The Morgan fingerprint density at radius 1 is 1.34 bits per heavy atom. The number of methoxy groups -OCH3 is 1. The molecule has 1 saturated heterocycles. The summed E-state index contributed by atoms with van der Waals surface area (Å²) in [6.45, 7) is 10.1. The van der Waals surface area contributed by atoms with Crippen LogP contribution < -0.4 is 10.6 Å². The Hall–Kier alpha value is -2.12. The number of hydrogen-bond acceptors (Lipinski definition) is 4. The Kier molecular flexibility index (Phi) is 8.31. The second-order valence-electron chi connectivity index (χ2n) is 7.77. The number of aliphatic imine (C=N–C) groups is 1. The summed E-state index contributed by atoms with van der Waals surface area (Å²) < 4.78 is 7.25. The second-order valence-corrected chi connectivity index (χ2v) is 7.77. The number of aryl methyl sites for hydroxylation is 1. The summed E-state index contributed by atoms with van der Waals surface area (Å²) in [6, 6.07) is 4.65. The van der Waals surface area contributed by atoms with Gasteiger partial charge in [-0.2, -0.15) is 0 Å². The van der Waals surface area contributed by atoms with Crippen LogP contribution in [0.4, 0.5) is 0 Å². The number of imidazole rings is 1. The molecule has 3 heterocycles. The summed E-state index contributed by atoms with van der Waals surface area (Å²) in [5.41, 5.74) is 3.32. The molecule has 1 aliphatic heterocycles. The van der Waals surface area contributed by atoms with Gasteiger partial charge in [-0.3, -0.25) is 4.99 Å². The van der Waals surface area contributed by atoms with E-state index in [2.05, 4.69) is 58.3 Å².